The van der Waals surface area contributed by atoms with E-state index in [0.29, 0.717) is 0 Å². The van der Waals surface area contributed by atoms with Gasteiger partial charge < -0.3 is 0 Å². The van der Waals surface area contributed by atoms with Gasteiger partial charge in [0.1, 0.15) is 5.78 Å². The van der Waals surface area contributed by atoms with Gasteiger partial charge in [-0.15, -0.1) is 0 Å². The molecule has 0 radical (unpaired) electrons. The van der Waals surface area contributed by atoms with Crippen LogP contribution in [-0.2, 0) is 10.2 Å². The van der Waals surface area contributed by atoms with Crippen LogP contribution in [0.1, 0.15) is 25.0 Å². The van der Waals surface area contributed by atoms with Gasteiger partial charge in [-0.05, 0) is 36.1 Å². The molecule has 2 aromatic rings. The van der Waals surface area contributed by atoms with Crippen LogP contribution >= 0.6 is 0 Å². The minimum atomic E-state index is -0.479. The largest absolute Gasteiger partial charge is 0.299 e. The predicted octanol–water partition coefficient (Wildman–Crippen LogP) is 3.56. The van der Waals surface area contributed by atoms with Gasteiger partial charge in [0, 0.05) is 0 Å². The Kier molecular flexibility index (Phi) is 1.99. The summed E-state index contributed by atoms with van der Waals surface area (Å²) in [5.41, 5.74) is 4.18. The third-order valence-electron chi connectivity index (χ3n) is 3.93. The van der Waals surface area contributed by atoms with Crippen molar-refractivity contribution in [2.45, 2.75) is 19.3 Å². The second-order valence-electron chi connectivity index (χ2n) is 4.77. The van der Waals surface area contributed by atoms with Gasteiger partial charge in [-0.1, -0.05) is 48.5 Å². The fraction of sp³-hybridized carbons (Fsp3) is 0.188. The third kappa shape index (κ3) is 1.17. The summed E-state index contributed by atoms with van der Waals surface area (Å²) in [6, 6.07) is 16.4. The lowest BCUT2D eigenvalue weighted by atomic mass is 9.77. The summed E-state index contributed by atoms with van der Waals surface area (Å²) in [6.07, 6.45) is 0. The molecule has 0 bridgehead atoms. The van der Waals surface area contributed by atoms with Crippen LogP contribution in [-0.4, -0.2) is 5.78 Å². The fourth-order valence-corrected chi connectivity index (χ4v) is 2.83. The van der Waals surface area contributed by atoms with Crippen LogP contribution in [0.2, 0.25) is 0 Å². The first-order chi connectivity index (χ1) is 8.15. The maximum Gasteiger partial charge on any atom is 0.144 e. The molecular formula is C16H14O. The van der Waals surface area contributed by atoms with Gasteiger partial charge in [0.25, 0.3) is 0 Å². The van der Waals surface area contributed by atoms with E-state index in [2.05, 4.69) is 24.3 Å². The first-order valence-corrected chi connectivity index (χ1v) is 5.86. The van der Waals surface area contributed by atoms with E-state index in [1.807, 2.05) is 31.2 Å². The van der Waals surface area contributed by atoms with E-state index in [4.69, 9.17) is 0 Å². The predicted molar refractivity (Wildman–Crippen MR) is 69.0 cm³/mol. The zero-order valence-electron chi connectivity index (χ0n) is 10.0. The van der Waals surface area contributed by atoms with E-state index in [-0.39, 0.29) is 5.78 Å². The summed E-state index contributed by atoms with van der Waals surface area (Å²) in [4.78, 5) is 12.1. The van der Waals surface area contributed by atoms with Crippen LogP contribution in [0.4, 0.5) is 0 Å². The molecular weight excluding hydrogens is 208 g/mol. The Hall–Kier alpha value is -1.89. The van der Waals surface area contributed by atoms with Crippen LogP contribution in [0.25, 0.3) is 11.1 Å². The van der Waals surface area contributed by atoms with Crippen molar-refractivity contribution in [3.63, 3.8) is 0 Å². The lowest BCUT2D eigenvalue weighted by Gasteiger charge is -2.23. The zero-order valence-corrected chi connectivity index (χ0v) is 10.0. The molecule has 0 saturated carbocycles. The average Bonchev–Trinajstić information content (AvgIpc) is 2.63. The highest BCUT2D eigenvalue weighted by molar-refractivity contribution is 6.00. The highest BCUT2D eigenvalue weighted by Crippen LogP contribution is 2.48. The molecule has 2 aromatic carbocycles. The minimum absolute atomic E-state index is 0.204. The van der Waals surface area contributed by atoms with E-state index >= 15 is 0 Å². The number of carbonyl (C=O) groups is 1. The van der Waals surface area contributed by atoms with Crippen molar-refractivity contribution in [1.82, 2.24) is 0 Å². The first-order valence-electron chi connectivity index (χ1n) is 5.86. The number of ketones is 1. The van der Waals surface area contributed by atoms with E-state index in [1.54, 1.807) is 6.92 Å². The molecule has 3 rings (SSSR count). The lowest BCUT2D eigenvalue weighted by Crippen LogP contribution is -2.29. The van der Waals surface area contributed by atoms with Gasteiger partial charge in [-0.3, -0.25) is 4.79 Å². The van der Waals surface area contributed by atoms with Gasteiger partial charge in [-0.25, -0.2) is 0 Å². The summed E-state index contributed by atoms with van der Waals surface area (Å²) in [5, 5.41) is 0. The maximum atomic E-state index is 12.1. The molecule has 1 aliphatic rings. The second-order valence-corrected chi connectivity index (χ2v) is 4.77. The molecule has 0 aromatic heterocycles. The van der Waals surface area contributed by atoms with Gasteiger partial charge in [0.05, 0.1) is 5.41 Å². The van der Waals surface area contributed by atoms with Crippen molar-refractivity contribution in [2.75, 3.05) is 0 Å². The molecule has 0 saturated heterocycles. The molecule has 0 N–H and O–H groups in total. The summed E-state index contributed by atoms with van der Waals surface area (Å²) in [6.45, 7) is 3.71. The van der Waals surface area contributed by atoms with Crippen LogP contribution in [0, 0.1) is 0 Å². The van der Waals surface area contributed by atoms with Crippen molar-refractivity contribution in [3.05, 3.63) is 59.7 Å². The number of benzene rings is 2. The third-order valence-corrected chi connectivity index (χ3v) is 3.93. The highest BCUT2D eigenvalue weighted by Gasteiger charge is 2.42. The molecule has 0 aliphatic heterocycles. The van der Waals surface area contributed by atoms with Gasteiger partial charge in [0.2, 0.25) is 0 Å². The normalized spacial score (nSPS) is 15.2. The Balaban J connectivity index is 2.43. The molecule has 0 spiro atoms. The first kappa shape index (κ1) is 10.3. The van der Waals surface area contributed by atoms with E-state index in [1.165, 1.54) is 11.1 Å². The molecule has 84 valence electrons. The van der Waals surface area contributed by atoms with Crippen LogP contribution in [0.3, 0.4) is 0 Å². The number of fused-ring (bicyclic) bond motifs is 3. The Labute approximate surface area is 101 Å². The van der Waals surface area contributed by atoms with E-state index < -0.39 is 5.41 Å². The Bertz CT molecular complexity index is 565. The fourth-order valence-electron chi connectivity index (χ4n) is 2.83. The van der Waals surface area contributed by atoms with E-state index in [9.17, 15) is 4.79 Å². The molecule has 1 aliphatic carbocycles. The zero-order chi connectivity index (χ0) is 12.0. The van der Waals surface area contributed by atoms with Crippen molar-refractivity contribution >= 4 is 5.78 Å². The highest BCUT2D eigenvalue weighted by atomic mass is 16.1. The molecule has 0 amide bonds. The molecule has 1 heteroatoms. The molecule has 0 heterocycles. The van der Waals surface area contributed by atoms with E-state index in [0.717, 1.165) is 11.1 Å². The van der Waals surface area contributed by atoms with Crippen LogP contribution < -0.4 is 0 Å². The lowest BCUT2D eigenvalue weighted by molar-refractivity contribution is -0.120. The molecule has 0 atom stereocenters. The monoisotopic (exact) mass is 222 g/mol. The summed E-state index contributed by atoms with van der Waals surface area (Å²) >= 11 is 0. The Morgan fingerprint density at radius 2 is 1.29 bits per heavy atom. The van der Waals surface area contributed by atoms with Gasteiger partial charge in [-0.2, -0.15) is 0 Å². The topological polar surface area (TPSA) is 17.1 Å². The van der Waals surface area contributed by atoms with Crippen LogP contribution in [0.15, 0.2) is 48.5 Å². The quantitative estimate of drug-likeness (QED) is 0.721. The number of Topliss-reactive ketones (excluding diaryl/α,β-unsaturated/α-hetero) is 1. The second kappa shape index (κ2) is 3.30. The number of hydrogen-bond donors (Lipinski definition) is 0. The SMILES string of the molecule is CC(=O)C1(C)c2ccccc2-c2ccccc21. The molecule has 1 nitrogen and oxygen atoms in total. The summed E-state index contributed by atoms with van der Waals surface area (Å²) < 4.78 is 0. The van der Waals surface area contributed by atoms with Crippen LogP contribution in [0.5, 0.6) is 0 Å². The molecule has 0 fully saturated rings. The smallest absolute Gasteiger partial charge is 0.144 e. The maximum absolute atomic E-state index is 12.1. The summed E-state index contributed by atoms with van der Waals surface area (Å²) in [7, 11) is 0. The average molecular weight is 222 g/mol. The van der Waals surface area contributed by atoms with Crippen molar-refractivity contribution in [3.8, 4) is 11.1 Å². The standard InChI is InChI=1S/C16H14O/c1-11(17)16(2)14-9-5-3-7-12(14)13-8-4-6-10-15(13)16/h3-10H,1-2H3. The number of carbonyl (C=O) groups excluding carboxylic acids is 1. The van der Waals surface area contributed by atoms with Crippen molar-refractivity contribution < 1.29 is 4.79 Å². The number of rotatable bonds is 1. The van der Waals surface area contributed by atoms with Crippen molar-refractivity contribution in [2.24, 2.45) is 0 Å². The van der Waals surface area contributed by atoms with Gasteiger partial charge >= 0.3 is 0 Å². The molecule has 0 unspecified atom stereocenters. The Morgan fingerprint density at radius 1 is 0.882 bits per heavy atom. The van der Waals surface area contributed by atoms with Crippen molar-refractivity contribution in [1.29, 1.82) is 0 Å². The minimum Gasteiger partial charge on any atom is -0.299 e. The number of hydrogen-bond acceptors (Lipinski definition) is 1. The summed E-state index contributed by atoms with van der Waals surface area (Å²) in [5.74, 6) is 0.204. The van der Waals surface area contributed by atoms with Gasteiger partial charge in [0.15, 0.2) is 0 Å². The Morgan fingerprint density at radius 3 is 1.71 bits per heavy atom. The molecule has 17 heavy (non-hydrogen) atoms.